The molecule has 1 amide bonds. The van der Waals surface area contributed by atoms with Gasteiger partial charge in [0.05, 0.1) is 5.92 Å². The molecular weight excluding hydrogens is 150 g/mol. The monoisotopic (exact) mass is 165 g/mol. The van der Waals surface area contributed by atoms with Crippen LogP contribution in [-0.4, -0.2) is 13.0 Å². The molecule has 0 aromatic rings. The molecule has 2 heteroatoms. The summed E-state index contributed by atoms with van der Waals surface area (Å²) in [5.41, 5.74) is 0.879. The van der Waals surface area contributed by atoms with Crippen molar-refractivity contribution in [3.63, 3.8) is 0 Å². The molecule has 0 fully saturated rings. The van der Waals surface area contributed by atoms with E-state index >= 15 is 0 Å². The highest BCUT2D eigenvalue weighted by molar-refractivity contribution is 5.81. The summed E-state index contributed by atoms with van der Waals surface area (Å²) < 4.78 is 0. The van der Waals surface area contributed by atoms with E-state index < -0.39 is 0 Å². The molecular formula is C10H15NO. The van der Waals surface area contributed by atoms with Crippen LogP contribution in [0.4, 0.5) is 0 Å². The Kier molecular flexibility index (Phi) is 4.77. The topological polar surface area (TPSA) is 29.1 Å². The van der Waals surface area contributed by atoms with Crippen molar-refractivity contribution in [2.75, 3.05) is 7.05 Å². The maximum absolute atomic E-state index is 11.2. The van der Waals surface area contributed by atoms with Gasteiger partial charge in [-0.05, 0) is 12.5 Å². The quantitative estimate of drug-likeness (QED) is 0.631. The Labute approximate surface area is 73.7 Å². The Bertz CT molecular complexity index is 216. The molecule has 1 unspecified atom stereocenters. The Morgan fingerprint density at radius 1 is 1.50 bits per heavy atom. The third-order valence-corrected chi connectivity index (χ3v) is 1.69. The van der Waals surface area contributed by atoms with Crippen molar-refractivity contribution in [2.45, 2.75) is 6.92 Å². The van der Waals surface area contributed by atoms with Crippen molar-refractivity contribution in [3.8, 4) is 0 Å². The summed E-state index contributed by atoms with van der Waals surface area (Å²) in [4.78, 5) is 11.2. The second-order valence-electron chi connectivity index (χ2n) is 2.44. The summed E-state index contributed by atoms with van der Waals surface area (Å²) in [6, 6.07) is 0. The van der Waals surface area contributed by atoms with Gasteiger partial charge in [0.15, 0.2) is 0 Å². The lowest BCUT2D eigenvalue weighted by Crippen LogP contribution is -2.26. The summed E-state index contributed by atoms with van der Waals surface area (Å²) in [6.07, 6.45) is 5.10. The highest BCUT2D eigenvalue weighted by Crippen LogP contribution is 2.11. The first-order chi connectivity index (χ1) is 5.67. The zero-order chi connectivity index (χ0) is 9.56. The highest BCUT2D eigenvalue weighted by atomic mass is 16.1. The van der Waals surface area contributed by atoms with Crippen LogP contribution in [0.25, 0.3) is 0 Å². The van der Waals surface area contributed by atoms with E-state index in [-0.39, 0.29) is 11.8 Å². The molecule has 0 saturated heterocycles. The predicted octanol–water partition coefficient (Wildman–Crippen LogP) is 1.67. The molecule has 0 aromatic carbocycles. The first-order valence-electron chi connectivity index (χ1n) is 3.84. The predicted molar refractivity (Wildman–Crippen MR) is 51.7 cm³/mol. The van der Waals surface area contributed by atoms with Gasteiger partial charge in [0.1, 0.15) is 0 Å². The van der Waals surface area contributed by atoms with Gasteiger partial charge in [0.25, 0.3) is 0 Å². The van der Waals surface area contributed by atoms with Crippen LogP contribution >= 0.6 is 0 Å². The Balaban J connectivity index is 4.51. The number of carbonyl (C=O) groups is 1. The standard InChI is InChI=1S/C10H15NO/c1-5-7-9(6-2)8(3)10(12)11-4/h5-8H,1-2H2,3-4H3,(H,11,12)/b9-7+. The van der Waals surface area contributed by atoms with Crippen molar-refractivity contribution in [3.05, 3.63) is 37.0 Å². The van der Waals surface area contributed by atoms with E-state index in [9.17, 15) is 4.79 Å². The van der Waals surface area contributed by atoms with Gasteiger partial charge in [-0.3, -0.25) is 4.79 Å². The molecule has 0 spiro atoms. The molecule has 0 rings (SSSR count). The number of amides is 1. The number of nitrogens with one attached hydrogen (secondary N) is 1. The first kappa shape index (κ1) is 10.7. The van der Waals surface area contributed by atoms with Crippen LogP contribution in [-0.2, 0) is 4.79 Å². The Morgan fingerprint density at radius 2 is 2.08 bits per heavy atom. The minimum Gasteiger partial charge on any atom is -0.359 e. The zero-order valence-electron chi connectivity index (χ0n) is 7.63. The van der Waals surface area contributed by atoms with Crippen molar-refractivity contribution in [1.82, 2.24) is 5.32 Å². The van der Waals surface area contributed by atoms with Crippen LogP contribution in [0, 0.1) is 5.92 Å². The van der Waals surface area contributed by atoms with Crippen LogP contribution in [0.5, 0.6) is 0 Å². The normalized spacial score (nSPS) is 13.3. The third kappa shape index (κ3) is 2.74. The van der Waals surface area contributed by atoms with Crippen molar-refractivity contribution >= 4 is 5.91 Å². The largest absolute Gasteiger partial charge is 0.359 e. The lowest BCUT2D eigenvalue weighted by Gasteiger charge is -2.09. The summed E-state index contributed by atoms with van der Waals surface area (Å²) in [7, 11) is 1.62. The van der Waals surface area contributed by atoms with Crippen LogP contribution in [0.3, 0.4) is 0 Å². The van der Waals surface area contributed by atoms with E-state index in [4.69, 9.17) is 0 Å². The minimum atomic E-state index is -0.162. The first-order valence-corrected chi connectivity index (χ1v) is 3.84. The van der Waals surface area contributed by atoms with Gasteiger partial charge in [0, 0.05) is 7.05 Å². The lowest BCUT2D eigenvalue weighted by atomic mass is 10.00. The molecule has 0 aliphatic heterocycles. The average molecular weight is 165 g/mol. The number of allylic oxidation sites excluding steroid dienone is 3. The zero-order valence-corrected chi connectivity index (χ0v) is 7.63. The molecule has 0 aliphatic carbocycles. The fourth-order valence-electron chi connectivity index (χ4n) is 0.893. The van der Waals surface area contributed by atoms with E-state index in [0.29, 0.717) is 0 Å². The summed E-state index contributed by atoms with van der Waals surface area (Å²) in [5, 5.41) is 2.58. The average Bonchev–Trinajstić information content (AvgIpc) is 2.11. The number of hydrogen-bond donors (Lipinski definition) is 1. The van der Waals surface area contributed by atoms with E-state index in [2.05, 4.69) is 18.5 Å². The SMILES string of the molecule is C=C/C=C(\C=C)C(C)C(=O)NC. The second kappa shape index (κ2) is 5.35. The Morgan fingerprint density at radius 3 is 2.42 bits per heavy atom. The molecule has 0 aliphatic rings. The smallest absolute Gasteiger partial charge is 0.227 e. The molecule has 12 heavy (non-hydrogen) atoms. The molecule has 0 radical (unpaired) electrons. The molecule has 0 saturated carbocycles. The molecule has 2 nitrogen and oxygen atoms in total. The van der Waals surface area contributed by atoms with Gasteiger partial charge < -0.3 is 5.32 Å². The summed E-state index contributed by atoms with van der Waals surface area (Å²) >= 11 is 0. The highest BCUT2D eigenvalue weighted by Gasteiger charge is 2.12. The number of rotatable bonds is 4. The maximum atomic E-state index is 11.2. The molecule has 1 N–H and O–H groups in total. The van der Waals surface area contributed by atoms with Crippen molar-refractivity contribution in [2.24, 2.45) is 5.92 Å². The van der Waals surface area contributed by atoms with Crippen LogP contribution in [0.2, 0.25) is 0 Å². The molecule has 0 aromatic heterocycles. The van der Waals surface area contributed by atoms with Gasteiger partial charge in [-0.25, -0.2) is 0 Å². The molecule has 1 atom stereocenters. The summed E-state index contributed by atoms with van der Waals surface area (Å²) in [5.74, 6) is -0.173. The number of carbonyl (C=O) groups excluding carboxylic acids is 1. The van der Waals surface area contributed by atoms with Gasteiger partial charge in [-0.2, -0.15) is 0 Å². The maximum Gasteiger partial charge on any atom is 0.227 e. The van der Waals surface area contributed by atoms with Gasteiger partial charge in [0.2, 0.25) is 5.91 Å². The fourth-order valence-corrected chi connectivity index (χ4v) is 0.893. The van der Waals surface area contributed by atoms with Gasteiger partial charge >= 0.3 is 0 Å². The van der Waals surface area contributed by atoms with Crippen molar-refractivity contribution in [1.29, 1.82) is 0 Å². The van der Waals surface area contributed by atoms with Crippen LogP contribution < -0.4 is 5.32 Å². The summed E-state index contributed by atoms with van der Waals surface area (Å²) in [6.45, 7) is 9.01. The Hall–Kier alpha value is -1.31. The van der Waals surface area contributed by atoms with Crippen molar-refractivity contribution < 1.29 is 4.79 Å². The van der Waals surface area contributed by atoms with Gasteiger partial charge in [-0.1, -0.05) is 31.4 Å². The van der Waals surface area contributed by atoms with E-state index in [0.717, 1.165) is 5.57 Å². The van der Waals surface area contributed by atoms with Gasteiger partial charge in [-0.15, -0.1) is 0 Å². The van der Waals surface area contributed by atoms with Crippen LogP contribution in [0.1, 0.15) is 6.92 Å². The third-order valence-electron chi connectivity index (χ3n) is 1.69. The fraction of sp³-hybridized carbons (Fsp3) is 0.300. The van der Waals surface area contributed by atoms with E-state index in [1.807, 2.05) is 6.92 Å². The lowest BCUT2D eigenvalue weighted by molar-refractivity contribution is -0.122. The van der Waals surface area contributed by atoms with E-state index in [1.54, 1.807) is 25.3 Å². The second-order valence-corrected chi connectivity index (χ2v) is 2.44. The molecule has 0 bridgehead atoms. The number of hydrogen-bond acceptors (Lipinski definition) is 1. The minimum absolute atomic E-state index is 0.0111. The van der Waals surface area contributed by atoms with E-state index in [1.165, 1.54) is 0 Å². The molecule has 0 heterocycles. The molecule has 66 valence electrons. The van der Waals surface area contributed by atoms with Crippen LogP contribution in [0.15, 0.2) is 37.0 Å².